The molecule has 0 aliphatic carbocycles. The molecule has 0 spiro atoms. The minimum atomic E-state index is -3.70. The van der Waals surface area contributed by atoms with Crippen molar-refractivity contribution in [1.29, 1.82) is 0 Å². The molecular weight excluding hydrogens is 380 g/mol. The van der Waals surface area contributed by atoms with Crippen molar-refractivity contribution in [3.8, 4) is 0 Å². The van der Waals surface area contributed by atoms with E-state index in [4.69, 9.17) is 21.4 Å². The van der Waals surface area contributed by atoms with Crippen molar-refractivity contribution >= 4 is 44.8 Å². The molecule has 2 rings (SSSR count). The van der Waals surface area contributed by atoms with Crippen LogP contribution in [0.2, 0.25) is 4.34 Å². The molecule has 0 radical (unpaired) electrons. The van der Waals surface area contributed by atoms with Crippen molar-refractivity contribution in [2.45, 2.75) is 6.10 Å². The van der Waals surface area contributed by atoms with E-state index in [9.17, 15) is 18.0 Å². The van der Waals surface area contributed by atoms with E-state index in [1.54, 1.807) is 11.4 Å². The number of carbonyl (C=O) groups excluding carboxylic acids is 1. The molecule has 134 valence electrons. The number of nitrogens with zero attached hydrogens (tertiary/aromatic N) is 2. The molecule has 1 atom stereocenters. The molecule has 1 unspecified atom stereocenters. The Morgan fingerprint density at radius 2 is 2.25 bits per heavy atom. The van der Waals surface area contributed by atoms with E-state index in [1.807, 2.05) is 0 Å². The van der Waals surface area contributed by atoms with Gasteiger partial charge in [0.2, 0.25) is 10.0 Å². The van der Waals surface area contributed by atoms with Gasteiger partial charge in [0.05, 0.1) is 24.5 Å². The molecule has 1 aromatic rings. The zero-order valence-corrected chi connectivity index (χ0v) is 15.2. The Hall–Kier alpha value is -1.20. The second-order valence-corrected chi connectivity index (χ2v) is 8.80. The number of sulfonamides is 1. The van der Waals surface area contributed by atoms with Crippen LogP contribution in [0.4, 0.5) is 0 Å². The number of hydrogen-bond acceptors (Lipinski definition) is 6. The van der Waals surface area contributed by atoms with Crippen LogP contribution in [0, 0.1) is 0 Å². The maximum Gasteiger partial charge on any atom is 0.318 e. The van der Waals surface area contributed by atoms with Crippen LogP contribution < -0.4 is 0 Å². The van der Waals surface area contributed by atoms with E-state index in [1.165, 1.54) is 16.2 Å². The number of rotatable bonds is 6. The molecule has 1 fully saturated rings. The Labute approximate surface area is 148 Å². The van der Waals surface area contributed by atoms with Crippen LogP contribution in [-0.4, -0.2) is 79.8 Å². The molecule has 11 heteroatoms. The lowest BCUT2D eigenvalue weighted by molar-refractivity contribution is -0.137. The van der Waals surface area contributed by atoms with Gasteiger partial charge in [-0.15, -0.1) is 11.3 Å². The van der Waals surface area contributed by atoms with Crippen molar-refractivity contribution in [1.82, 2.24) is 9.21 Å². The van der Waals surface area contributed by atoms with Crippen molar-refractivity contribution in [2.24, 2.45) is 0 Å². The number of halogens is 1. The van der Waals surface area contributed by atoms with Gasteiger partial charge in [0.1, 0.15) is 10.9 Å². The number of thiophene rings is 1. The molecule has 1 aromatic heterocycles. The number of carboxylic acid groups (broad SMARTS) is 1. The van der Waals surface area contributed by atoms with Crippen LogP contribution in [0.25, 0.3) is 0 Å². The summed E-state index contributed by atoms with van der Waals surface area (Å²) < 4.78 is 30.1. The monoisotopic (exact) mass is 396 g/mol. The Morgan fingerprint density at radius 1 is 1.54 bits per heavy atom. The van der Waals surface area contributed by atoms with Crippen molar-refractivity contribution < 1.29 is 27.9 Å². The average Bonchev–Trinajstić information content (AvgIpc) is 2.91. The molecule has 0 bridgehead atoms. The van der Waals surface area contributed by atoms with Crippen LogP contribution in [0.15, 0.2) is 11.4 Å². The van der Waals surface area contributed by atoms with E-state index in [2.05, 4.69) is 0 Å². The number of carbonyl (C=O) groups is 2. The summed E-state index contributed by atoms with van der Waals surface area (Å²) in [5.74, 6) is -1.51. The van der Waals surface area contributed by atoms with Gasteiger partial charge in [0.15, 0.2) is 0 Å². The highest BCUT2D eigenvalue weighted by Crippen LogP contribution is 2.24. The van der Waals surface area contributed by atoms with Gasteiger partial charge in [0.25, 0.3) is 5.91 Å². The van der Waals surface area contributed by atoms with E-state index < -0.39 is 28.6 Å². The largest absolute Gasteiger partial charge is 0.480 e. The van der Waals surface area contributed by atoms with Gasteiger partial charge in [-0.2, -0.15) is 4.31 Å². The summed E-state index contributed by atoms with van der Waals surface area (Å²) >= 11 is 7.23. The Bertz CT molecular complexity index is 720. The number of ether oxygens (including phenoxy) is 1. The standard InChI is InChI=1S/C13H17ClN2O6S2/c1-24(20,21)16(8-11(17)18)7-9-6-15(3-4-22-9)13(19)10-2-5-23-12(10)14/h2,5,9H,3-4,6-8H2,1H3,(H,17,18). The summed E-state index contributed by atoms with van der Waals surface area (Å²) in [6.07, 6.45) is 0.335. The number of aliphatic carboxylic acids is 1. The summed E-state index contributed by atoms with van der Waals surface area (Å²) in [7, 11) is -3.70. The predicted octanol–water partition coefficient (Wildman–Crippen LogP) is 0.589. The topological polar surface area (TPSA) is 104 Å². The molecule has 1 aliphatic heterocycles. The maximum absolute atomic E-state index is 12.5. The van der Waals surface area contributed by atoms with Crippen molar-refractivity contribution in [2.75, 3.05) is 39.0 Å². The second-order valence-electron chi connectivity index (χ2n) is 5.30. The highest BCUT2D eigenvalue weighted by Gasteiger charge is 2.30. The molecule has 1 aliphatic rings. The summed E-state index contributed by atoms with van der Waals surface area (Å²) in [5.41, 5.74) is 0.396. The van der Waals surface area contributed by atoms with Gasteiger partial charge < -0.3 is 14.7 Å². The predicted molar refractivity (Wildman–Crippen MR) is 89.0 cm³/mol. The lowest BCUT2D eigenvalue weighted by atomic mass is 10.2. The van der Waals surface area contributed by atoms with Gasteiger partial charge in [-0.05, 0) is 11.4 Å². The molecule has 0 aromatic carbocycles. The Morgan fingerprint density at radius 3 is 2.79 bits per heavy atom. The van der Waals surface area contributed by atoms with E-state index >= 15 is 0 Å². The minimum Gasteiger partial charge on any atom is -0.480 e. The van der Waals surface area contributed by atoms with Crippen molar-refractivity contribution in [3.05, 3.63) is 21.3 Å². The number of carboxylic acids is 1. The smallest absolute Gasteiger partial charge is 0.318 e. The quantitative estimate of drug-likeness (QED) is 0.754. The molecule has 1 amide bonds. The molecule has 1 saturated heterocycles. The normalized spacial score (nSPS) is 18.8. The number of morpholine rings is 1. The van der Waals surface area contributed by atoms with Gasteiger partial charge in [-0.1, -0.05) is 11.6 Å². The third-order valence-electron chi connectivity index (χ3n) is 3.46. The first-order valence-corrected chi connectivity index (χ1v) is 10.1. The molecule has 8 nitrogen and oxygen atoms in total. The number of amides is 1. The zero-order valence-electron chi connectivity index (χ0n) is 12.8. The third-order valence-corrected chi connectivity index (χ3v) is 5.85. The highest BCUT2D eigenvalue weighted by atomic mass is 35.5. The summed E-state index contributed by atoms with van der Waals surface area (Å²) in [6, 6.07) is 1.63. The first kappa shape index (κ1) is 19.1. The van der Waals surface area contributed by atoms with Gasteiger partial charge in [-0.25, -0.2) is 8.42 Å². The fraction of sp³-hybridized carbons (Fsp3) is 0.538. The highest BCUT2D eigenvalue weighted by molar-refractivity contribution is 7.88. The fourth-order valence-electron chi connectivity index (χ4n) is 2.33. The third kappa shape index (κ3) is 4.90. The van der Waals surface area contributed by atoms with E-state index in [0.29, 0.717) is 16.4 Å². The summed E-state index contributed by atoms with van der Waals surface area (Å²) in [5, 5.41) is 10.6. The Kier molecular flexibility index (Phi) is 6.21. The lowest BCUT2D eigenvalue weighted by Gasteiger charge is -2.34. The summed E-state index contributed by atoms with van der Waals surface area (Å²) in [6.45, 7) is -0.0198. The number of hydrogen-bond donors (Lipinski definition) is 1. The van der Waals surface area contributed by atoms with Crippen LogP contribution in [0.5, 0.6) is 0 Å². The molecular formula is C13H17ClN2O6S2. The van der Waals surface area contributed by atoms with Gasteiger partial charge >= 0.3 is 5.97 Å². The van der Waals surface area contributed by atoms with Gasteiger partial charge in [0, 0.05) is 19.6 Å². The molecule has 2 heterocycles. The lowest BCUT2D eigenvalue weighted by Crippen LogP contribution is -2.51. The van der Waals surface area contributed by atoms with Crippen LogP contribution >= 0.6 is 22.9 Å². The van der Waals surface area contributed by atoms with E-state index in [0.717, 1.165) is 10.6 Å². The average molecular weight is 397 g/mol. The fourth-order valence-corrected chi connectivity index (χ4v) is 4.01. The van der Waals surface area contributed by atoms with Crippen molar-refractivity contribution in [3.63, 3.8) is 0 Å². The van der Waals surface area contributed by atoms with Crippen LogP contribution in [0.3, 0.4) is 0 Å². The summed E-state index contributed by atoms with van der Waals surface area (Å²) in [4.78, 5) is 24.8. The molecule has 1 N–H and O–H groups in total. The first-order valence-electron chi connectivity index (χ1n) is 6.99. The Balaban J connectivity index is 2.05. The SMILES string of the molecule is CS(=O)(=O)N(CC(=O)O)CC1CN(C(=O)c2ccsc2Cl)CCO1. The maximum atomic E-state index is 12.5. The van der Waals surface area contributed by atoms with E-state index in [-0.39, 0.29) is 25.6 Å². The second kappa shape index (κ2) is 7.79. The molecule has 24 heavy (non-hydrogen) atoms. The minimum absolute atomic E-state index is 0.133. The van der Waals surface area contributed by atoms with Gasteiger partial charge in [-0.3, -0.25) is 9.59 Å². The first-order chi connectivity index (χ1) is 11.2. The zero-order chi connectivity index (χ0) is 17.9. The van der Waals surface area contributed by atoms with Crippen LogP contribution in [-0.2, 0) is 19.6 Å². The molecule has 0 saturated carbocycles. The van der Waals surface area contributed by atoms with Crippen LogP contribution in [0.1, 0.15) is 10.4 Å².